The van der Waals surface area contributed by atoms with Crippen LogP contribution in [0.1, 0.15) is 258 Å². The normalized spacial score (nSPS) is 12.6. The summed E-state index contributed by atoms with van der Waals surface area (Å²) >= 11 is 0. The van der Waals surface area contributed by atoms with E-state index in [1.807, 2.05) is 12.2 Å². The lowest BCUT2D eigenvalue weighted by molar-refractivity contribution is -0.166. The number of rotatable bonds is 48. The van der Waals surface area contributed by atoms with Crippen molar-refractivity contribution in [3.05, 3.63) is 72.9 Å². The third-order valence-corrected chi connectivity index (χ3v) is 11.5. The van der Waals surface area contributed by atoms with Crippen LogP contribution in [0.25, 0.3) is 0 Å². The van der Waals surface area contributed by atoms with Crippen molar-refractivity contribution >= 4 is 17.9 Å². The van der Waals surface area contributed by atoms with Gasteiger partial charge in [0, 0.05) is 19.3 Å². The first-order chi connectivity index (χ1) is 31.5. The Morgan fingerprint density at radius 2 is 0.609 bits per heavy atom. The van der Waals surface area contributed by atoms with Crippen molar-refractivity contribution in [2.75, 3.05) is 13.2 Å². The third-order valence-electron chi connectivity index (χ3n) is 11.5. The van der Waals surface area contributed by atoms with Gasteiger partial charge in [0.05, 0.1) is 0 Å². The van der Waals surface area contributed by atoms with Crippen LogP contribution in [0.15, 0.2) is 72.9 Å². The number of ether oxygens (including phenoxy) is 3. The molecule has 0 aliphatic rings. The van der Waals surface area contributed by atoms with E-state index in [0.717, 1.165) is 89.9 Å². The third kappa shape index (κ3) is 49.9. The first kappa shape index (κ1) is 60.9. The van der Waals surface area contributed by atoms with Crippen molar-refractivity contribution in [1.29, 1.82) is 0 Å². The Morgan fingerprint density at radius 1 is 0.328 bits per heavy atom. The minimum atomic E-state index is -0.810. The van der Waals surface area contributed by atoms with Crippen LogP contribution in [-0.4, -0.2) is 37.2 Å². The standard InChI is InChI=1S/C58H100O6/c1-4-7-10-13-15-17-19-21-23-25-27-28-29-31-32-34-36-38-40-42-45-48-51-57(60)63-54-55(53-62-56(59)50-47-44-12-9-6-3)64-58(61)52-49-46-43-41-39-37-35-33-30-26-24-22-20-18-16-14-11-8-5-2/h8,11,16,18,22,24,30,33,37,39,43,46,55H,4-7,9-10,12-15,17,19-21,23,25-29,31-32,34-36,38,40-42,44-45,47-54H2,1-3H3/b11-8-,18-16-,24-22-,33-30-,39-37-,46-43-. The van der Waals surface area contributed by atoms with Crippen molar-refractivity contribution in [3.63, 3.8) is 0 Å². The molecule has 0 heterocycles. The molecular formula is C58H100O6. The highest BCUT2D eigenvalue weighted by Crippen LogP contribution is 2.16. The molecule has 0 rings (SSSR count). The average Bonchev–Trinajstić information content (AvgIpc) is 3.29. The van der Waals surface area contributed by atoms with E-state index in [1.165, 1.54) is 122 Å². The van der Waals surface area contributed by atoms with Crippen molar-refractivity contribution in [1.82, 2.24) is 0 Å². The molecule has 0 radical (unpaired) electrons. The number of carbonyl (C=O) groups excluding carboxylic acids is 3. The lowest BCUT2D eigenvalue weighted by Crippen LogP contribution is -2.30. The molecule has 1 unspecified atom stereocenters. The number of esters is 3. The number of carbonyl (C=O) groups is 3. The number of unbranched alkanes of at least 4 members (excludes halogenated alkanes) is 25. The summed E-state index contributed by atoms with van der Waals surface area (Å²) in [7, 11) is 0. The van der Waals surface area contributed by atoms with E-state index in [0.29, 0.717) is 19.3 Å². The molecule has 0 N–H and O–H groups in total. The Balaban J connectivity index is 4.20. The van der Waals surface area contributed by atoms with Crippen LogP contribution in [0.2, 0.25) is 0 Å². The highest BCUT2D eigenvalue weighted by molar-refractivity contribution is 5.71. The molecule has 368 valence electrons. The Hall–Kier alpha value is -3.15. The van der Waals surface area contributed by atoms with E-state index in [2.05, 4.69) is 81.5 Å². The first-order valence-electron chi connectivity index (χ1n) is 26.9. The maximum atomic E-state index is 12.7. The summed E-state index contributed by atoms with van der Waals surface area (Å²) in [4.78, 5) is 37.7. The second-order valence-corrected chi connectivity index (χ2v) is 17.8. The van der Waals surface area contributed by atoms with Gasteiger partial charge in [-0.05, 0) is 57.8 Å². The van der Waals surface area contributed by atoms with Gasteiger partial charge < -0.3 is 14.2 Å². The fourth-order valence-electron chi connectivity index (χ4n) is 7.47. The predicted molar refractivity (Wildman–Crippen MR) is 274 cm³/mol. The van der Waals surface area contributed by atoms with Gasteiger partial charge in [0.1, 0.15) is 13.2 Å². The van der Waals surface area contributed by atoms with Crippen LogP contribution in [0, 0.1) is 0 Å². The maximum Gasteiger partial charge on any atom is 0.306 e. The van der Waals surface area contributed by atoms with Gasteiger partial charge in [0.2, 0.25) is 0 Å². The fourth-order valence-corrected chi connectivity index (χ4v) is 7.47. The molecule has 64 heavy (non-hydrogen) atoms. The number of hydrogen-bond acceptors (Lipinski definition) is 6. The molecule has 0 spiro atoms. The van der Waals surface area contributed by atoms with Gasteiger partial charge in [-0.15, -0.1) is 0 Å². The molecule has 0 fully saturated rings. The summed E-state index contributed by atoms with van der Waals surface area (Å²) in [6, 6.07) is 0. The summed E-state index contributed by atoms with van der Waals surface area (Å²) in [6.45, 7) is 6.39. The zero-order valence-corrected chi connectivity index (χ0v) is 42.0. The van der Waals surface area contributed by atoms with Gasteiger partial charge in [-0.3, -0.25) is 14.4 Å². The predicted octanol–water partition coefficient (Wildman–Crippen LogP) is 17.8. The minimum absolute atomic E-state index is 0.104. The minimum Gasteiger partial charge on any atom is -0.462 e. The first-order valence-corrected chi connectivity index (χ1v) is 26.9. The van der Waals surface area contributed by atoms with Gasteiger partial charge in [-0.25, -0.2) is 0 Å². The Bertz CT molecular complexity index is 1210. The van der Waals surface area contributed by atoms with Gasteiger partial charge in [-0.2, -0.15) is 0 Å². The Kier molecular flexibility index (Phi) is 49.9. The van der Waals surface area contributed by atoms with Gasteiger partial charge in [0.15, 0.2) is 6.10 Å². The number of allylic oxidation sites excluding steroid dienone is 12. The van der Waals surface area contributed by atoms with Crippen LogP contribution in [0.4, 0.5) is 0 Å². The van der Waals surface area contributed by atoms with E-state index in [-0.39, 0.29) is 31.6 Å². The zero-order valence-electron chi connectivity index (χ0n) is 42.0. The molecule has 0 bridgehead atoms. The van der Waals surface area contributed by atoms with Crippen LogP contribution in [0.5, 0.6) is 0 Å². The maximum absolute atomic E-state index is 12.7. The molecule has 0 saturated carbocycles. The fraction of sp³-hybridized carbons (Fsp3) is 0.741. The SMILES string of the molecule is CC/C=C\C/C=C\C/C=C\C/C=C\C/C=C\C/C=C\CCC(=O)OC(COC(=O)CCCCCCC)COC(=O)CCCCCCCCCCCCCCCCCCCCCCCC. The second kappa shape index (κ2) is 52.5. The van der Waals surface area contributed by atoms with Crippen molar-refractivity contribution in [3.8, 4) is 0 Å². The van der Waals surface area contributed by atoms with Crippen LogP contribution < -0.4 is 0 Å². The summed E-state index contributed by atoms with van der Waals surface area (Å²) in [5, 5.41) is 0. The summed E-state index contributed by atoms with van der Waals surface area (Å²) in [6.07, 6.45) is 66.7. The van der Waals surface area contributed by atoms with Gasteiger partial charge in [-0.1, -0.05) is 254 Å². The smallest absolute Gasteiger partial charge is 0.306 e. The highest BCUT2D eigenvalue weighted by atomic mass is 16.6. The number of hydrogen-bond donors (Lipinski definition) is 0. The van der Waals surface area contributed by atoms with E-state index >= 15 is 0 Å². The van der Waals surface area contributed by atoms with E-state index < -0.39 is 12.1 Å². The quantitative estimate of drug-likeness (QED) is 0.0262. The molecule has 0 saturated heterocycles. The second-order valence-electron chi connectivity index (χ2n) is 17.8. The highest BCUT2D eigenvalue weighted by Gasteiger charge is 2.19. The Morgan fingerprint density at radius 3 is 0.922 bits per heavy atom. The van der Waals surface area contributed by atoms with E-state index in [1.54, 1.807) is 0 Å². The molecule has 0 aliphatic carbocycles. The topological polar surface area (TPSA) is 78.9 Å². The van der Waals surface area contributed by atoms with Gasteiger partial charge >= 0.3 is 17.9 Å². The summed E-state index contributed by atoms with van der Waals surface area (Å²) in [5.41, 5.74) is 0. The molecule has 0 aromatic carbocycles. The monoisotopic (exact) mass is 893 g/mol. The van der Waals surface area contributed by atoms with Crippen LogP contribution >= 0.6 is 0 Å². The van der Waals surface area contributed by atoms with Crippen LogP contribution in [0.3, 0.4) is 0 Å². The Labute approximate surface area is 395 Å². The average molecular weight is 893 g/mol. The summed E-state index contributed by atoms with van der Waals surface area (Å²) < 4.78 is 16.6. The molecule has 6 nitrogen and oxygen atoms in total. The van der Waals surface area contributed by atoms with Gasteiger partial charge in [0.25, 0.3) is 0 Å². The molecule has 0 amide bonds. The lowest BCUT2D eigenvalue weighted by atomic mass is 10.0. The molecule has 0 aromatic rings. The molecule has 1 atom stereocenters. The molecule has 6 heteroatoms. The van der Waals surface area contributed by atoms with Crippen molar-refractivity contribution in [2.24, 2.45) is 0 Å². The van der Waals surface area contributed by atoms with Crippen molar-refractivity contribution in [2.45, 2.75) is 264 Å². The zero-order chi connectivity index (χ0) is 46.5. The largest absolute Gasteiger partial charge is 0.462 e. The van der Waals surface area contributed by atoms with E-state index in [4.69, 9.17) is 14.2 Å². The molecule has 0 aromatic heterocycles. The van der Waals surface area contributed by atoms with Crippen LogP contribution in [-0.2, 0) is 28.6 Å². The summed E-state index contributed by atoms with van der Waals surface area (Å²) in [5.74, 6) is -0.998. The molecule has 0 aliphatic heterocycles. The lowest BCUT2D eigenvalue weighted by Gasteiger charge is -2.18. The van der Waals surface area contributed by atoms with Crippen molar-refractivity contribution < 1.29 is 28.6 Å². The molecular weight excluding hydrogens is 793 g/mol. The van der Waals surface area contributed by atoms with E-state index in [9.17, 15) is 14.4 Å².